The average Bonchev–Trinajstić information content (AvgIpc) is 2.74. The minimum Gasteiger partial charge on any atom is -0.409 e. The van der Waals surface area contributed by atoms with Crippen LogP contribution in [0, 0.1) is 0 Å². The van der Waals surface area contributed by atoms with Gasteiger partial charge in [0.1, 0.15) is 6.33 Å². The number of nitrogens with one attached hydrogen (secondary N) is 1. The molecule has 4 N–H and O–H groups in total. The van der Waals surface area contributed by atoms with Gasteiger partial charge in [-0.05, 0) is 12.1 Å². The van der Waals surface area contributed by atoms with Crippen molar-refractivity contribution in [1.82, 2.24) is 14.8 Å². The number of H-pyrrole nitrogens is 1. The van der Waals surface area contributed by atoms with Gasteiger partial charge in [-0.2, -0.15) is 5.10 Å². The van der Waals surface area contributed by atoms with Crippen LogP contribution in [0.2, 0.25) is 0 Å². The lowest BCUT2D eigenvalue weighted by Crippen LogP contribution is -2.16. The second kappa shape index (κ2) is 3.89. The van der Waals surface area contributed by atoms with E-state index in [9.17, 15) is 4.79 Å². The molecule has 16 heavy (non-hydrogen) atoms. The van der Waals surface area contributed by atoms with E-state index in [1.165, 1.54) is 10.9 Å². The predicted octanol–water partition coefficient (Wildman–Crippen LogP) is -0.345. The van der Waals surface area contributed by atoms with E-state index < -0.39 is 0 Å². The number of rotatable bonds is 2. The van der Waals surface area contributed by atoms with E-state index in [4.69, 9.17) is 10.9 Å². The molecule has 82 valence electrons. The van der Waals surface area contributed by atoms with Crippen LogP contribution in [-0.2, 0) is 0 Å². The number of nitrogens with zero attached hydrogens (tertiary/aromatic N) is 3. The maximum absolute atomic E-state index is 11.3. The van der Waals surface area contributed by atoms with Gasteiger partial charge < -0.3 is 10.9 Å². The first-order chi connectivity index (χ1) is 7.72. The molecule has 0 aliphatic rings. The fraction of sp³-hybridized carbons (Fsp3) is 0. The van der Waals surface area contributed by atoms with E-state index in [0.717, 1.165) is 0 Å². The van der Waals surface area contributed by atoms with E-state index in [-0.39, 0.29) is 11.5 Å². The number of hydrogen-bond acceptors (Lipinski definition) is 4. The Morgan fingerprint density at radius 3 is 3.00 bits per heavy atom. The lowest BCUT2D eigenvalue weighted by atomic mass is 10.2. The summed E-state index contributed by atoms with van der Waals surface area (Å²) in [6, 6.07) is 6.70. The number of hydrogen-bond donors (Lipinski definition) is 3. The number of aromatic amines is 1. The van der Waals surface area contributed by atoms with Gasteiger partial charge in [0.2, 0.25) is 0 Å². The monoisotopic (exact) mass is 219 g/mol. The molecule has 1 heterocycles. The van der Waals surface area contributed by atoms with Crippen LogP contribution in [0.25, 0.3) is 5.69 Å². The van der Waals surface area contributed by atoms with Gasteiger partial charge in [-0.15, -0.1) is 0 Å². The molecule has 0 aliphatic carbocycles. The number of nitrogens with two attached hydrogens (primary N) is 1. The van der Waals surface area contributed by atoms with Crippen molar-refractivity contribution in [3.05, 3.63) is 46.6 Å². The number of aromatic nitrogens is 3. The Bertz CT molecular complexity index is 583. The average molecular weight is 219 g/mol. The van der Waals surface area contributed by atoms with Gasteiger partial charge in [0.25, 0.3) is 0 Å². The van der Waals surface area contributed by atoms with E-state index in [2.05, 4.69) is 15.4 Å². The highest BCUT2D eigenvalue weighted by Crippen LogP contribution is 2.07. The number of oxime groups is 1. The molecule has 0 atom stereocenters. The zero-order chi connectivity index (χ0) is 11.5. The first-order valence-electron chi connectivity index (χ1n) is 4.42. The molecule has 1 aromatic heterocycles. The van der Waals surface area contributed by atoms with Crippen LogP contribution in [0.4, 0.5) is 0 Å². The zero-order valence-electron chi connectivity index (χ0n) is 8.16. The van der Waals surface area contributed by atoms with Crippen LogP contribution < -0.4 is 11.4 Å². The van der Waals surface area contributed by atoms with Gasteiger partial charge in [-0.1, -0.05) is 17.3 Å². The van der Waals surface area contributed by atoms with Crippen molar-refractivity contribution in [2.75, 3.05) is 0 Å². The second-order valence-electron chi connectivity index (χ2n) is 3.07. The molecule has 0 bridgehead atoms. The number of amidine groups is 1. The van der Waals surface area contributed by atoms with Crippen LogP contribution in [0.1, 0.15) is 5.56 Å². The molecular formula is C9H9N5O2. The molecule has 1 aromatic carbocycles. The molecule has 2 rings (SSSR count). The molecule has 7 heteroatoms. The molecule has 2 aromatic rings. The van der Waals surface area contributed by atoms with Crippen LogP contribution in [-0.4, -0.2) is 25.8 Å². The normalized spacial score (nSPS) is 11.6. The van der Waals surface area contributed by atoms with Gasteiger partial charge >= 0.3 is 5.69 Å². The lowest BCUT2D eigenvalue weighted by molar-refractivity contribution is 0.318. The summed E-state index contributed by atoms with van der Waals surface area (Å²) in [6.45, 7) is 0. The third kappa shape index (κ3) is 1.65. The molecule has 0 amide bonds. The van der Waals surface area contributed by atoms with Crippen molar-refractivity contribution in [1.29, 1.82) is 0 Å². The molecule has 0 spiro atoms. The molecule has 0 unspecified atom stereocenters. The summed E-state index contributed by atoms with van der Waals surface area (Å²) in [6.07, 6.45) is 1.35. The smallest absolute Gasteiger partial charge is 0.347 e. The van der Waals surface area contributed by atoms with Crippen molar-refractivity contribution < 1.29 is 5.21 Å². The van der Waals surface area contributed by atoms with Gasteiger partial charge in [0.15, 0.2) is 5.84 Å². The summed E-state index contributed by atoms with van der Waals surface area (Å²) >= 11 is 0. The fourth-order valence-corrected chi connectivity index (χ4v) is 1.30. The van der Waals surface area contributed by atoms with Crippen LogP contribution >= 0.6 is 0 Å². The zero-order valence-corrected chi connectivity index (χ0v) is 8.16. The van der Waals surface area contributed by atoms with Crippen molar-refractivity contribution in [3.63, 3.8) is 0 Å². The van der Waals surface area contributed by atoms with E-state index in [1.54, 1.807) is 24.3 Å². The van der Waals surface area contributed by atoms with Crippen LogP contribution in [0.15, 0.2) is 40.5 Å². The SMILES string of the molecule is NC(=NO)c1cccc(-n2cn[nH]c2=O)c1. The van der Waals surface area contributed by atoms with E-state index >= 15 is 0 Å². The topological polar surface area (TPSA) is 109 Å². The standard InChI is InChI=1S/C9H9N5O2/c10-8(13-16)6-2-1-3-7(4-6)14-5-11-12-9(14)15/h1-5,16H,(H2,10,13)(H,12,15). The molecule has 0 fully saturated rings. The summed E-state index contributed by atoms with van der Waals surface area (Å²) < 4.78 is 1.31. The van der Waals surface area contributed by atoms with E-state index in [1.807, 2.05) is 0 Å². The highest BCUT2D eigenvalue weighted by atomic mass is 16.4. The Kier molecular flexibility index (Phi) is 2.42. The lowest BCUT2D eigenvalue weighted by Gasteiger charge is -2.02. The van der Waals surface area contributed by atoms with Crippen molar-refractivity contribution in [3.8, 4) is 5.69 Å². The molecular weight excluding hydrogens is 210 g/mol. The maximum Gasteiger partial charge on any atom is 0.347 e. The van der Waals surface area contributed by atoms with Crippen molar-refractivity contribution >= 4 is 5.84 Å². The third-order valence-corrected chi connectivity index (χ3v) is 2.08. The molecule has 0 saturated carbocycles. The Morgan fingerprint density at radius 2 is 2.38 bits per heavy atom. The Hall–Kier alpha value is -2.57. The molecule has 0 aliphatic heterocycles. The number of benzene rings is 1. The minimum absolute atomic E-state index is 0.0154. The third-order valence-electron chi connectivity index (χ3n) is 2.08. The molecule has 7 nitrogen and oxygen atoms in total. The Morgan fingerprint density at radius 1 is 1.56 bits per heavy atom. The van der Waals surface area contributed by atoms with Gasteiger partial charge in [0.05, 0.1) is 5.69 Å². The van der Waals surface area contributed by atoms with Crippen molar-refractivity contribution in [2.45, 2.75) is 0 Å². The van der Waals surface area contributed by atoms with Gasteiger partial charge in [-0.3, -0.25) is 0 Å². The second-order valence-corrected chi connectivity index (χ2v) is 3.07. The minimum atomic E-state index is -0.350. The van der Waals surface area contributed by atoms with E-state index in [0.29, 0.717) is 11.3 Å². The first kappa shape index (κ1) is 9.97. The summed E-state index contributed by atoms with van der Waals surface area (Å²) in [4.78, 5) is 11.3. The highest BCUT2D eigenvalue weighted by Gasteiger charge is 2.04. The van der Waals surface area contributed by atoms with Crippen LogP contribution in [0.5, 0.6) is 0 Å². The molecule has 0 radical (unpaired) electrons. The highest BCUT2D eigenvalue weighted by molar-refractivity contribution is 5.97. The summed E-state index contributed by atoms with van der Waals surface area (Å²) in [5, 5.41) is 17.3. The summed E-state index contributed by atoms with van der Waals surface area (Å²) in [5.41, 5.74) is 6.20. The maximum atomic E-state index is 11.3. The quantitative estimate of drug-likeness (QED) is 0.277. The fourth-order valence-electron chi connectivity index (χ4n) is 1.30. The van der Waals surface area contributed by atoms with Gasteiger partial charge in [0, 0.05) is 5.56 Å². The Labute approximate surface area is 89.8 Å². The van der Waals surface area contributed by atoms with Crippen molar-refractivity contribution in [2.24, 2.45) is 10.9 Å². The summed E-state index contributed by atoms with van der Waals surface area (Å²) in [7, 11) is 0. The van der Waals surface area contributed by atoms with Crippen LogP contribution in [0.3, 0.4) is 0 Å². The van der Waals surface area contributed by atoms with Gasteiger partial charge in [-0.25, -0.2) is 14.5 Å². The Balaban J connectivity index is 2.52. The first-order valence-corrected chi connectivity index (χ1v) is 4.42. The summed E-state index contributed by atoms with van der Waals surface area (Å²) in [5.74, 6) is -0.0154. The molecule has 0 saturated heterocycles. The predicted molar refractivity (Wildman–Crippen MR) is 56.7 cm³/mol. The largest absolute Gasteiger partial charge is 0.409 e.